The molecule has 2 aromatic rings. The molecule has 1 aliphatic rings. The first kappa shape index (κ1) is 19.6. The molecule has 142 valence electrons. The molecule has 1 heterocycles. The van der Waals surface area contributed by atoms with Crippen LogP contribution >= 0.6 is 23.2 Å². The average molecular weight is 407 g/mol. The zero-order valence-electron chi connectivity index (χ0n) is 14.7. The summed E-state index contributed by atoms with van der Waals surface area (Å²) in [6, 6.07) is 7.29. The van der Waals surface area contributed by atoms with E-state index in [2.05, 4.69) is 10.3 Å². The van der Waals surface area contributed by atoms with Gasteiger partial charge < -0.3 is 10.1 Å². The maximum absolute atomic E-state index is 12.4. The summed E-state index contributed by atoms with van der Waals surface area (Å²) >= 11 is 12.0. The number of anilines is 1. The van der Waals surface area contributed by atoms with Crippen molar-refractivity contribution < 1.29 is 14.3 Å². The number of pyridine rings is 1. The van der Waals surface area contributed by atoms with Gasteiger partial charge in [-0.3, -0.25) is 14.6 Å². The Morgan fingerprint density at radius 1 is 1.07 bits per heavy atom. The first-order chi connectivity index (χ1) is 13.0. The highest BCUT2D eigenvalue weighted by atomic mass is 35.5. The van der Waals surface area contributed by atoms with Crippen LogP contribution in [0.15, 0.2) is 36.7 Å². The fraction of sp³-hybridized carbons (Fsp3) is 0.350. The van der Waals surface area contributed by atoms with Gasteiger partial charge in [0.2, 0.25) is 0 Å². The number of hydrogen-bond donors (Lipinski definition) is 1. The van der Waals surface area contributed by atoms with Crippen molar-refractivity contribution in [3.8, 4) is 0 Å². The van der Waals surface area contributed by atoms with Crippen molar-refractivity contribution in [2.45, 2.75) is 44.6 Å². The van der Waals surface area contributed by atoms with E-state index < -0.39 is 5.91 Å². The molecule has 0 saturated heterocycles. The summed E-state index contributed by atoms with van der Waals surface area (Å²) in [4.78, 5) is 28.1. The summed E-state index contributed by atoms with van der Waals surface area (Å²) in [7, 11) is 0. The van der Waals surface area contributed by atoms with Crippen molar-refractivity contribution in [3.63, 3.8) is 0 Å². The second kappa shape index (κ2) is 9.20. The molecule has 1 aromatic heterocycles. The molecule has 1 N–H and O–H groups in total. The normalized spacial score (nSPS) is 14.1. The molecule has 0 radical (unpaired) electrons. The summed E-state index contributed by atoms with van der Waals surface area (Å²) in [5, 5.41) is 3.14. The number of ether oxygens (including phenoxy) is 1. The number of nitrogens with one attached hydrogen (secondary N) is 1. The Kier molecular flexibility index (Phi) is 6.69. The Balaban J connectivity index is 1.52. The molecule has 0 unspecified atom stereocenters. The molecule has 0 spiro atoms. The molecule has 0 aliphatic heterocycles. The van der Waals surface area contributed by atoms with Crippen LogP contribution in [0.5, 0.6) is 0 Å². The highest BCUT2D eigenvalue weighted by Gasteiger charge is 2.19. The summed E-state index contributed by atoms with van der Waals surface area (Å²) in [5.41, 5.74) is 1.80. The van der Waals surface area contributed by atoms with Gasteiger partial charge in [-0.05, 0) is 49.8 Å². The van der Waals surface area contributed by atoms with E-state index in [0.717, 1.165) is 31.2 Å². The smallest absolute Gasteiger partial charge is 0.306 e. The number of carbonyl (C=O) groups excluding carboxylic acids is 2. The molecule has 3 rings (SSSR count). The SMILES string of the molecule is O=C(CCc1ccc(NC(=O)c2c(Cl)cncc2Cl)cc1)OC1CCCC1. The molecule has 1 amide bonds. The number of benzene rings is 1. The number of rotatable bonds is 6. The van der Waals surface area contributed by atoms with E-state index in [0.29, 0.717) is 18.5 Å². The number of aromatic nitrogens is 1. The summed E-state index contributed by atoms with van der Waals surface area (Å²) in [6.07, 6.45) is 8.03. The molecule has 0 atom stereocenters. The summed E-state index contributed by atoms with van der Waals surface area (Å²) in [6.45, 7) is 0. The number of nitrogens with zero attached hydrogens (tertiary/aromatic N) is 1. The molecule has 27 heavy (non-hydrogen) atoms. The van der Waals surface area contributed by atoms with Crippen LogP contribution in [0, 0.1) is 0 Å². The molecule has 1 aliphatic carbocycles. The Hall–Kier alpha value is -2.11. The largest absolute Gasteiger partial charge is 0.462 e. The molecular weight excluding hydrogens is 387 g/mol. The summed E-state index contributed by atoms with van der Waals surface area (Å²) in [5.74, 6) is -0.554. The first-order valence-electron chi connectivity index (χ1n) is 8.91. The lowest BCUT2D eigenvalue weighted by molar-refractivity contribution is -0.148. The minimum atomic E-state index is -0.403. The van der Waals surface area contributed by atoms with Gasteiger partial charge in [0.25, 0.3) is 5.91 Å². The molecule has 1 fully saturated rings. The average Bonchev–Trinajstić information content (AvgIpc) is 3.14. The van der Waals surface area contributed by atoms with Gasteiger partial charge in [-0.15, -0.1) is 0 Å². The van der Waals surface area contributed by atoms with E-state index in [9.17, 15) is 9.59 Å². The first-order valence-corrected chi connectivity index (χ1v) is 9.67. The maximum atomic E-state index is 12.4. The lowest BCUT2D eigenvalue weighted by Crippen LogP contribution is -2.15. The lowest BCUT2D eigenvalue weighted by Gasteiger charge is -2.11. The van der Waals surface area contributed by atoms with E-state index in [1.165, 1.54) is 12.4 Å². The second-order valence-corrected chi connectivity index (χ2v) is 7.34. The van der Waals surface area contributed by atoms with Gasteiger partial charge in [-0.2, -0.15) is 0 Å². The van der Waals surface area contributed by atoms with E-state index in [4.69, 9.17) is 27.9 Å². The molecule has 7 heteroatoms. The Labute approximate surface area is 168 Å². The lowest BCUT2D eigenvalue weighted by atomic mass is 10.1. The fourth-order valence-corrected chi connectivity index (χ4v) is 3.61. The minimum Gasteiger partial charge on any atom is -0.462 e. The quantitative estimate of drug-likeness (QED) is 0.680. The van der Waals surface area contributed by atoms with E-state index in [1.807, 2.05) is 12.1 Å². The predicted octanol–water partition coefficient (Wildman–Crippen LogP) is 5.06. The molecule has 5 nitrogen and oxygen atoms in total. The van der Waals surface area contributed by atoms with Gasteiger partial charge in [0.15, 0.2) is 0 Å². The van der Waals surface area contributed by atoms with Gasteiger partial charge in [-0.25, -0.2) is 0 Å². The standard InChI is InChI=1S/C20H20Cl2N2O3/c21-16-11-23-12-17(22)19(16)20(26)24-14-8-5-13(6-9-14)7-10-18(25)27-15-3-1-2-4-15/h5-6,8-9,11-12,15H,1-4,7,10H2,(H,24,26). The zero-order valence-corrected chi connectivity index (χ0v) is 16.2. The van der Waals surface area contributed by atoms with E-state index >= 15 is 0 Å². The number of halogens is 2. The van der Waals surface area contributed by atoms with E-state index in [-0.39, 0.29) is 27.7 Å². The van der Waals surface area contributed by atoms with Crippen molar-refractivity contribution in [2.75, 3.05) is 5.32 Å². The van der Waals surface area contributed by atoms with Crippen LogP contribution in [-0.2, 0) is 16.0 Å². The van der Waals surface area contributed by atoms with Crippen molar-refractivity contribution in [1.82, 2.24) is 4.98 Å². The second-order valence-electron chi connectivity index (χ2n) is 6.53. The highest BCUT2D eigenvalue weighted by Crippen LogP contribution is 2.24. The number of esters is 1. The Morgan fingerprint density at radius 2 is 1.70 bits per heavy atom. The third kappa shape index (κ3) is 5.44. The van der Waals surface area contributed by atoms with Gasteiger partial charge in [-0.1, -0.05) is 35.3 Å². The monoisotopic (exact) mass is 406 g/mol. The van der Waals surface area contributed by atoms with Gasteiger partial charge >= 0.3 is 5.97 Å². The van der Waals surface area contributed by atoms with Crippen molar-refractivity contribution in [1.29, 1.82) is 0 Å². The topological polar surface area (TPSA) is 68.3 Å². The van der Waals surface area contributed by atoms with Crippen LogP contribution in [0.3, 0.4) is 0 Å². The third-order valence-electron chi connectivity index (χ3n) is 4.51. The Bertz CT molecular complexity index is 798. The van der Waals surface area contributed by atoms with Crippen LogP contribution in [0.4, 0.5) is 5.69 Å². The van der Waals surface area contributed by atoms with Crippen molar-refractivity contribution >= 4 is 40.8 Å². The molecule has 1 saturated carbocycles. The van der Waals surface area contributed by atoms with E-state index in [1.54, 1.807) is 12.1 Å². The Morgan fingerprint density at radius 3 is 2.33 bits per heavy atom. The fourth-order valence-electron chi connectivity index (χ4n) is 3.07. The zero-order chi connectivity index (χ0) is 19.2. The number of amides is 1. The molecule has 0 bridgehead atoms. The number of hydrogen-bond acceptors (Lipinski definition) is 4. The predicted molar refractivity (Wildman–Crippen MR) is 105 cm³/mol. The van der Waals surface area contributed by atoms with Crippen LogP contribution in [-0.4, -0.2) is 23.0 Å². The van der Waals surface area contributed by atoms with Crippen LogP contribution < -0.4 is 5.32 Å². The number of carbonyl (C=O) groups is 2. The maximum Gasteiger partial charge on any atom is 0.306 e. The van der Waals surface area contributed by atoms with Crippen LogP contribution in [0.25, 0.3) is 0 Å². The van der Waals surface area contributed by atoms with Crippen LogP contribution in [0.2, 0.25) is 10.0 Å². The van der Waals surface area contributed by atoms with Crippen LogP contribution in [0.1, 0.15) is 48.0 Å². The van der Waals surface area contributed by atoms with Gasteiger partial charge in [0.05, 0.1) is 15.6 Å². The third-order valence-corrected chi connectivity index (χ3v) is 5.08. The van der Waals surface area contributed by atoms with Gasteiger partial charge in [0.1, 0.15) is 6.10 Å². The summed E-state index contributed by atoms with van der Waals surface area (Å²) < 4.78 is 5.45. The van der Waals surface area contributed by atoms with Gasteiger partial charge in [0, 0.05) is 24.5 Å². The highest BCUT2D eigenvalue weighted by molar-refractivity contribution is 6.40. The molecule has 1 aromatic carbocycles. The minimum absolute atomic E-state index is 0.0990. The van der Waals surface area contributed by atoms with Crippen molar-refractivity contribution in [2.24, 2.45) is 0 Å². The molecular formula is C20H20Cl2N2O3. The number of aryl methyl sites for hydroxylation is 1. The van der Waals surface area contributed by atoms with Crippen molar-refractivity contribution in [3.05, 3.63) is 57.8 Å².